The fourth-order valence-corrected chi connectivity index (χ4v) is 2.44. The highest BCUT2D eigenvalue weighted by atomic mass is 16.1. The molecule has 0 fully saturated rings. The van der Waals surface area contributed by atoms with E-state index < -0.39 is 0 Å². The summed E-state index contributed by atoms with van der Waals surface area (Å²) < 4.78 is 0. The summed E-state index contributed by atoms with van der Waals surface area (Å²) in [5.74, 6) is 0.0584. The lowest BCUT2D eigenvalue weighted by molar-refractivity contribution is -0.116. The van der Waals surface area contributed by atoms with E-state index in [2.05, 4.69) is 42.3 Å². The van der Waals surface area contributed by atoms with Gasteiger partial charge in [0.1, 0.15) is 0 Å². The minimum absolute atomic E-state index is 0.0584. The summed E-state index contributed by atoms with van der Waals surface area (Å²) in [5.41, 5.74) is 4.39. The number of hydrogen-bond acceptors (Lipinski definition) is 2. The zero-order chi connectivity index (χ0) is 15.9. The number of carbonyl (C=O) groups is 1. The van der Waals surface area contributed by atoms with E-state index in [0.29, 0.717) is 6.42 Å². The van der Waals surface area contributed by atoms with Crippen LogP contribution in [0.25, 0.3) is 0 Å². The molecule has 2 aromatic rings. The smallest absolute Gasteiger partial charge is 0.226 e. The summed E-state index contributed by atoms with van der Waals surface area (Å²) in [6.07, 6.45) is 0.482. The van der Waals surface area contributed by atoms with Gasteiger partial charge in [-0.3, -0.25) is 4.79 Å². The topological polar surface area (TPSA) is 32.3 Å². The van der Waals surface area contributed by atoms with E-state index in [4.69, 9.17) is 0 Å². The largest absolute Gasteiger partial charge is 0.371 e. The second-order valence-electron chi connectivity index (χ2n) is 5.46. The van der Waals surface area contributed by atoms with E-state index in [-0.39, 0.29) is 5.91 Å². The SMILES string of the molecule is CCN(CCC(=O)Nc1cccc(C)c1C)c1ccccc1. The number of nitrogens with one attached hydrogen (secondary N) is 1. The Kier molecular flexibility index (Phi) is 5.59. The number of hydrogen-bond donors (Lipinski definition) is 1. The zero-order valence-electron chi connectivity index (χ0n) is 13.6. The summed E-state index contributed by atoms with van der Waals surface area (Å²) in [6, 6.07) is 16.2. The summed E-state index contributed by atoms with van der Waals surface area (Å²) in [6.45, 7) is 7.81. The van der Waals surface area contributed by atoms with Gasteiger partial charge < -0.3 is 10.2 Å². The number of para-hydroxylation sites is 1. The van der Waals surface area contributed by atoms with Gasteiger partial charge in [-0.2, -0.15) is 0 Å². The molecule has 0 saturated heterocycles. The molecule has 0 atom stereocenters. The standard InChI is InChI=1S/C19H24N2O/c1-4-21(17-10-6-5-7-11-17)14-13-19(22)20-18-12-8-9-15(2)16(18)3/h5-12H,4,13-14H2,1-3H3,(H,20,22). The molecule has 0 unspecified atom stereocenters. The fourth-order valence-electron chi connectivity index (χ4n) is 2.44. The quantitative estimate of drug-likeness (QED) is 0.868. The van der Waals surface area contributed by atoms with E-state index in [1.807, 2.05) is 37.3 Å². The molecule has 0 aliphatic heterocycles. The van der Waals surface area contributed by atoms with Crippen molar-refractivity contribution in [2.75, 3.05) is 23.3 Å². The van der Waals surface area contributed by atoms with Crippen LogP contribution in [0.15, 0.2) is 48.5 Å². The van der Waals surface area contributed by atoms with Crippen LogP contribution in [0.4, 0.5) is 11.4 Å². The maximum Gasteiger partial charge on any atom is 0.226 e. The molecule has 0 spiro atoms. The monoisotopic (exact) mass is 296 g/mol. The van der Waals surface area contributed by atoms with E-state index in [1.54, 1.807) is 0 Å². The first kappa shape index (κ1) is 16.1. The number of amides is 1. The molecule has 2 rings (SSSR count). The van der Waals surface area contributed by atoms with Gasteiger partial charge in [0.05, 0.1) is 0 Å². The molecular weight excluding hydrogens is 272 g/mol. The third-order valence-electron chi connectivity index (χ3n) is 3.99. The maximum absolute atomic E-state index is 12.2. The van der Waals surface area contributed by atoms with Crippen LogP contribution in [0.1, 0.15) is 24.5 Å². The number of carbonyl (C=O) groups excluding carboxylic acids is 1. The molecule has 1 amide bonds. The molecule has 22 heavy (non-hydrogen) atoms. The average Bonchev–Trinajstić information content (AvgIpc) is 2.53. The minimum atomic E-state index is 0.0584. The van der Waals surface area contributed by atoms with Crippen LogP contribution in [0.5, 0.6) is 0 Å². The first-order valence-electron chi connectivity index (χ1n) is 7.78. The maximum atomic E-state index is 12.2. The predicted octanol–water partition coefficient (Wildman–Crippen LogP) is 4.16. The molecule has 0 aromatic heterocycles. The van der Waals surface area contributed by atoms with Crippen molar-refractivity contribution in [2.45, 2.75) is 27.2 Å². The van der Waals surface area contributed by atoms with Crippen molar-refractivity contribution in [1.29, 1.82) is 0 Å². The highest BCUT2D eigenvalue weighted by Crippen LogP contribution is 2.18. The van der Waals surface area contributed by atoms with Crippen LogP contribution in [0.2, 0.25) is 0 Å². The van der Waals surface area contributed by atoms with Crippen molar-refractivity contribution in [3.05, 3.63) is 59.7 Å². The molecule has 3 heteroatoms. The summed E-state index contributed by atoms with van der Waals surface area (Å²) >= 11 is 0. The number of nitrogens with zero attached hydrogens (tertiary/aromatic N) is 1. The fraction of sp³-hybridized carbons (Fsp3) is 0.316. The van der Waals surface area contributed by atoms with Gasteiger partial charge in [-0.25, -0.2) is 0 Å². The average molecular weight is 296 g/mol. The lowest BCUT2D eigenvalue weighted by Crippen LogP contribution is -2.27. The van der Waals surface area contributed by atoms with E-state index in [9.17, 15) is 4.79 Å². The van der Waals surface area contributed by atoms with Crippen LogP contribution in [-0.2, 0) is 4.79 Å². The Bertz CT molecular complexity index is 623. The van der Waals surface area contributed by atoms with Crippen molar-refractivity contribution in [1.82, 2.24) is 0 Å². The van der Waals surface area contributed by atoms with Crippen LogP contribution >= 0.6 is 0 Å². The Labute approximate surface area is 133 Å². The third-order valence-corrected chi connectivity index (χ3v) is 3.99. The summed E-state index contributed by atoms with van der Waals surface area (Å²) in [4.78, 5) is 14.4. The van der Waals surface area contributed by atoms with Gasteiger partial charge in [-0.05, 0) is 50.1 Å². The van der Waals surface area contributed by atoms with Crippen molar-refractivity contribution >= 4 is 17.3 Å². The molecule has 0 saturated carbocycles. The lowest BCUT2D eigenvalue weighted by atomic mass is 10.1. The molecule has 0 radical (unpaired) electrons. The molecule has 2 aromatic carbocycles. The molecule has 1 N–H and O–H groups in total. The van der Waals surface area contributed by atoms with Crippen LogP contribution in [0.3, 0.4) is 0 Å². The Morgan fingerprint density at radius 3 is 2.45 bits per heavy atom. The van der Waals surface area contributed by atoms with Crippen molar-refractivity contribution in [3.8, 4) is 0 Å². The molecule has 0 aliphatic rings. The Morgan fingerprint density at radius 2 is 1.77 bits per heavy atom. The second-order valence-corrected chi connectivity index (χ2v) is 5.46. The van der Waals surface area contributed by atoms with Crippen LogP contribution < -0.4 is 10.2 Å². The third kappa shape index (κ3) is 4.10. The van der Waals surface area contributed by atoms with Crippen LogP contribution in [-0.4, -0.2) is 19.0 Å². The highest BCUT2D eigenvalue weighted by molar-refractivity contribution is 5.92. The molecular formula is C19H24N2O. The lowest BCUT2D eigenvalue weighted by Gasteiger charge is -2.22. The number of benzene rings is 2. The van der Waals surface area contributed by atoms with Gasteiger partial charge >= 0.3 is 0 Å². The van der Waals surface area contributed by atoms with Gasteiger partial charge in [0.2, 0.25) is 5.91 Å². The normalized spacial score (nSPS) is 10.3. The first-order valence-corrected chi connectivity index (χ1v) is 7.78. The van der Waals surface area contributed by atoms with Gasteiger partial charge in [0.15, 0.2) is 0 Å². The highest BCUT2D eigenvalue weighted by Gasteiger charge is 2.09. The van der Waals surface area contributed by atoms with E-state index >= 15 is 0 Å². The molecule has 3 nitrogen and oxygen atoms in total. The number of rotatable bonds is 6. The number of aryl methyl sites for hydroxylation is 1. The Balaban J connectivity index is 1.93. The minimum Gasteiger partial charge on any atom is -0.371 e. The summed E-state index contributed by atoms with van der Waals surface area (Å²) in [5, 5.41) is 3.02. The molecule has 0 bridgehead atoms. The van der Waals surface area contributed by atoms with Crippen molar-refractivity contribution < 1.29 is 4.79 Å². The molecule has 0 heterocycles. The number of anilines is 2. The zero-order valence-corrected chi connectivity index (χ0v) is 13.6. The molecule has 0 aliphatic carbocycles. The Morgan fingerprint density at radius 1 is 1.05 bits per heavy atom. The van der Waals surface area contributed by atoms with Gasteiger partial charge in [0.25, 0.3) is 0 Å². The van der Waals surface area contributed by atoms with Crippen molar-refractivity contribution in [2.24, 2.45) is 0 Å². The van der Waals surface area contributed by atoms with Gasteiger partial charge in [-0.15, -0.1) is 0 Å². The van der Waals surface area contributed by atoms with E-state index in [0.717, 1.165) is 30.0 Å². The predicted molar refractivity (Wildman–Crippen MR) is 93.5 cm³/mol. The van der Waals surface area contributed by atoms with Crippen LogP contribution in [0, 0.1) is 13.8 Å². The van der Waals surface area contributed by atoms with Crippen molar-refractivity contribution in [3.63, 3.8) is 0 Å². The van der Waals surface area contributed by atoms with Gasteiger partial charge in [0, 0.05) is 30.9 Å². The first-order chi connectivity index (χ1) is 10.6. The van der Waals surface area contributed by atoms with Gasteiger partial charge in [-0.1, -0.05) is 30.3 Å². The summed E-state index contributed by atoms with van der Waals surface area (Å²) in [7, 11) is 0. The molecule has 116 valence electrons. The Hall–Kier alpha value is -2.29. The second kappa shape index (κ2) is 7.64. The van der Waals surface area contributed by atoms with E-state index in [1.165, 1.54) is 5.56 Å².